The van der Waals surface area contributed by atoms with Gasteiger partial charge >= 0.3 is 5.97 Å². The van der Waals surface area contributed by atoms with Crippen molar-refractivity contribution in [3.05, 3.63) is 39.2 Å². The van der Waals surface area contributed by atoms with Gasteiger partial charge in [-0.2, -0.15) is 5.10 Å². The number of halogens is 1. The van der Waals surface area contributed by atoms with Crippen LogP contribution < -0.4 is 5.32 Å². The summed E-state index contributed by atoms with van der Waals surface area (Å²) in [6.07, 6.45) is 2.11. The first-order valence-electron chi connectivity index (χ1n) is 5.20. The lowest BCUT2D eigenvalue weighted by Gasteiger charge is -2.06. The summed E-state index contributed by atoms with van der Waals surface area (Å²) in [5.41, 5.74) is 0.120. The van der Waals surface area contributed by atoms with Crippen LogP contribution in [0.2, 0.25) is 4.34 Å². The van der Waals surface area contributed by atoms with Crippen LogP contribution in [0.1, 0.15) is 15.2 Å². The highest BCUT2D eigenvalue weighted by molar-refractivity contribution is 7.16. The zero-order valence-electron chi connectivity index (χ0n) is 9.26. The van der Waals surface area contributed by atoms with E-state index in [-0.39, 0.29) is 11.4 Å². The van der Waals surface area contributed by atoms with E-state index >= 15 is 0 Å². The van der Waals surface area contributed by atoms with Crippen molar-refractivity contribution in [2.45, 2.75) is 6.42 Å². The van der Waals surface area contributed by atoms with Crippen LogP contribution in [0, 0.1) is 0 Å². The molecule has 94 valence electrons. The Morgan fingerprint density at radius 2 is 2.28 bits per heavy atom. The van der Waals surface area contributed by atoms with Crippen LogP contribution in [0.3, 0.4) is 0 Å². The van der Waals surface area contributed by atoms with E-state index in [1.165, 1.54) is 23.6 Å². The van der Waals surface area contributed by atoms with E-state index in [2.05, 4.69) is 15.5 Å². The molecule has 2 heterocycles. The molecule has 5 nitrogen and oxygen atoms in total. The van der Waals surface area contributed by atoms with Gasteiger partial charge in [0, 0.05) is 11.4 Å². The number of aromatic carboxylic acids is 1. The number of hydrogen-bond donors (Lipinski definition) is 2. The first-order chi connectivity index (χ1) is 8.66. The fourth-order valence-corrected chi connectivity index (χ4v) is 2.51. The normalized spacial score (nSPS) is 10.3. The number of hydrogen-bond acceptors (Lipinski definition) is 5. The second kappa shape index (κ2) is 5.79. The molecule has 0 bridgehead atoms. The topological polar surface area (TPSA) is 75.1 Å². The van der Waals surface area contributed by atoms with Gasteiger partial charge in [0.25, 0.3) is 0 Å². The van der Waals surface area contributed by atoms with Crippen LogP contribution >= 0.6 is 22.9 Å². The number of anilines is 1. The standard InChI is InChI=1S/C11H10ClN3O2S/c12-9-2-1-7(18-9)3-5-13-10-8(11(16)17)4-6-14-15-10/h1-2,4,6H,3,5H2,(H,13,15)(H,16,17). The minimum Gasteiger partial charge on any atom is -0.478 e. The van der Waals surface area contributed by atoms with E-state index in [1.54, 1.807) is 0 Å². The van der Waals surface area contributed by atoms with Gasteiger partial charge in [0.15, 0.2) is 5.82 Å². The summed E-state index contributed by atoms with van der Waals surface area (Å²) in [6, 6.07) is 5.20. The van der Waals surface area contributed by atoms with Gasteiger partial charge in [-0.3, -0.25) is 0 Å². The Kier molecular flexibility index (Phi) is 4.11. The van der Waals surface area contributed by atoms with Crippen molar-refractivity contribution in [3.63, 3.8) is 0 Å². The smallest absolute Gasteiger partial charge is 0.339 e. The van der Waals surface area contributed by atoms with E-state index in [4.69, 9.17) is 16.7 Å². The molecule has 0 atom stereocenters. The Morgan fingerprint density at radius 1 is 1.44 bits per heavy atom. The van der Waals surface area contributed by atoms with Gasteiger partial charge in [-0.1, -0.05) is 11.6 Å². The van der Waals surface area contributed by atoms with Crippen LogP contribution in [0.15, 0.2) is 24.4 Å². The third-order valence-electron chi connectivity index (χ3n) is 2.24. The van der Waals surface area contributed by atoms with Crippen molar-refractivity contribution in [2.75, 3.05) is 11.9 Å². The van der Waals surface area contributed by atoms with E-state index in [9.17, 15) is 4.79 Å². The van der Waals surface area contributed by atoms with Crippen LogP contribution in [0.4, 0.5) is 5.82 Å². The Balaban J connectivity index is 1.96. The molecule has 2 aromatic heterocycles. The van der Waals surface area contributed by atoms with Crippen molar-refractivity contribution in [1.82, 2.24) is 10.2 Å². The Hall–Kier alpha value is -1.66. The van der Waals surface area contributed by atoms with Gasteiger partial charge < -0.3 is 10.4 Å². The van der Waals surface area contributed by atoms with Gasteiger partial charge in [-0.15, -0.1) is 16.4 Å². The summed E-state index contributed by atoms with van der Waals surface area (Å²) in [5.74, 6) is -0.737. The Bertz CT molecular complexity index is 559. The molecule has 0 radical (unpaired) electrons. The van der Waals surface area contributed by atoms with Crippen molar-refractivity contribution in [2.24, 2.45) is 0 Å². The Morgan fingerprint density at radius 3 is 2.94 bits per heavy atom. The molecule has 0 saturated carbocycles. The summed E-state index contributed by atoms with van der Waals surface area (Å²) < 4.78 is 0.746. The fourth-order valence-electron chi connectivity index (χ4n) is 1.43. The minimum absolute atomic E-state index is 0.120. The van der Waals surface area contributed by atoms with E-state index in [0.29, 0.717) is 6.54 Å². The number of nitrogens with one attached hydrogen (secondary N) is 1. The number of thiophene rings is 1. The van der Waals surface area contributed by atoms with E-state index < -0.39 is 5.97 Å². The molecule has 0 aromatic carbocycles. The second-order valence-electron chi connectivity index (χ2n) is 3.48. The molecule has 0 fully saturated rings. The van der Waals surface area contributed by atoms with Crippen molar-refractivity contribution in [3.8, 4) is 0 Å². The fraction of sp³-hybridized carbons (Fsp3) is 0.182. The molecule has 0 unspecified atom stereocenters. The van der Waals surface area contributed by atoms with Gasteiger partial charge in [0.2, 0.25) is 0 Å². The first-order valence-corrected chi connectivity index (χ1v) is 6.39. The number of carbonyl (C=O) groups is 1. The van der Waals surface area contributed by atoms with Crippen molar-refractivity contribution >= 4 is 34.7 Å². The summed E-state index contributed by atoms with van der Waals surface area (Å²) in [4.78, 5) is 12.1. The molecule has 0 aliphatic rings. The number of rotatable bonds is 5. The van der Waals surface area contributed by atoms with Crippen LogP contribution in [-0.4, -0.2) is 27.8 Å². The van der Waals surface area contributed by atoms with Gasteiger partial charge in [-0.25, -0.2) is 4.79 Å². The summed E-state index contributed by atoms with van der Waals surface area (Å²) in [6.45, 7) is 0.579. The maximum atomic E-state index is 10.9. The SMILES string of the molecule is O=C(O)c1ccnnc1NCCc1ccc(Cl)s1. The van der Waals surface area contributed by atoms with Gasteiger partial charge in [0.1, 0.15) is 5.56 Å². The number of aromatic nitrogens is 2. The number of carboxylic acids is 1. The zero-order chi connectivity index (χ0) is 13.0. The molecule has 0 aliphatic heterocycles. The van der Waals surface area contributed by atoms with Crippen molar-refractivity contribution < 1.29 is 9.90 Å². The molecule has 2 rings (SSSR count). The minimum atomic E-state index is -1.02. The molecule has 2 aromatic rings. The summed E-state index contributed by atoms with van der Waals surface area (Å²) >= 11 is 7.33. The first kappa shape index (κ1) is 12.8. The molecular weight excluding hydrogens is 274 g/mol. The van der Waals surface area contributed by atoms with Crippen LogP contribution in [-0.2, 0) is 6.42 Å². The van der Waals surface area contributed by atoms with E-state index in [0.717, 1.165) is 15.6 Å². The average Bonchev–Trinajstić information content (AvgIpc) is 2.75. The molecular formula is C11H10ClN3O2S. The third-order valence-corrected chi connectivity index (χ3v) is 3.53. The van der Waals surface area contributed by atoms with E-state index in [1.807, 2.05) is 12.1 Å². The largest absolute Gasteiger partial charge is 0.478 e. The molecule has 0 amide bonds. The third kappa shape index (κ3) is 3.18. The maximum Gasteiger partial charge on any atom is 0.339 e. The molecule has 0 saturated heterocycles. The number of nitrogens with zero attached hydrogens (tertiary/aromatic N) is 2. The summed E-state index contributed by atoms with van der Waals surface area (Å²) in [5, 5.41) is 19.4. The predicted molar refractivity (Wildman–Crippen MR) is 70.5 cm³/mol. The molecule has 7 heteroatoms. The highest BCUT2D eigenvalue weighted by Crippen LogP contribution is 2.21. The molecule has 0 aliphatic carbocycles. The lowest BCUT2D eigenvalue weighted by atomic mass is 10.2. The lowest BCUT2D eigenvalue weighted by molar-refractivity contribution is 0.0697. The highest BCUT2D eigenvalue weighted by Gasteiger charge is 2.10. The quantitative estimate of drug-likeness (QED) is 0.882. The number of carboxylic acid groups (broad SMARTS) is 1. The molecule has 18 heavy (non-hydrogen) atoms. The highest BCUT2D eigenvalue weighted by atomic mass is 35.5. The summed E-state index contributed by atoms with van der Waals surface area (Å²) in [7, 11) is 0. The maximum absolute atomic E-state index is 10.9. The predicted octanol–water partition coefficient (Wildman–Crippen LogP) is 2.54. The monoisotopic (exact) mass is 283 g/mol. The Labute approximate surface area is 112 Å². The molecule has 2 N–H and O–H groups in total. The zero-order valence-corrected chi connectivity index (χ0v) is 10.8. The molecule has 0 spiro atoms. The lowest BCUT2D eigenvalue weighted by Crippen LogP contribution is -2.11. The average molecular weight is 284 g/mol. The van der Waals surface area contributed by atoms with Gasteiger partial charge in [-0.05, 0) is 24.6 Å². The van der Waals surface area contributed by atoms with Crippen molar-refractivity contribution in [1.29, 1.82) is 0 Å². The van der Waals surface area contributed by atoms with Crippen LogP contribution in [0.25, 0.3) is 0 Å². The van der Waals surface area contributed by atoms with Gasteiger partial charge in [0.05, 0.1) is 10.5 Å². The van der Waals surface area contributed by atoms with Crippen LogP contribution in [0.5, 0.6) is 0 Å². The second-order valence-corrected chi connectivity index (χ2v) is 5.28.